The lowest BCUT2D eigenvalue weighted by Gasteiger charge is -2.23. The zero-order valence-corrected chi connectivity index (χ0v) is 13.9. The summed E-state index contributed by atoms with van der Waals surface area (Å²) < 4.78 is 10.9. The lowest BCUT2D eigenvalue weighted by Crippen LogP contribution is -2.39. The molecule has 3 heterocycles. The minimum Gasteiger partial charge on any atom is -0.467 e. The van der Waals surface area contributed by atoms with Crippen molar-refractivity contribution in [3.63, 3.8) is 0 Å². The second-order valence-corrected chi connectivity index (χ2v) is 6.47. The summed E-state index contributed by atoms with van der Waals surface area (Å²) in [6.45, 7) is 0.00146. The van der Waals surface area contributed by atoms with Crippen LogP contribution in [0.1, 0.15) is 36.8 Å². The van der Waals surface area contributed by atoms with Gasteiger partial charge in [-0.05, 0) is 37.1 Å². The molecule has 2 amide bonds. The van der Waals surface area contributed by atoms with E-state index in [2.05, 4.69) is 5.10 Å². The Bertz CT molecular complexity index is 790. The summed E-state index contributed by atoms with van der Waals surface area (Å²) in [4.78, 5) is 26.4. The normalized spacial score (nSPS) is 19.8. The number of hydrogen-bond donors (Lipinski definition) is 0. The molecule has 0 bridgehead atoms. The van der Waals surface area contributed by atoms with Gasteiger partial charge in [-0.3, -0.25) is 9.59 Å². The Morgan fingerprint density at radius 1 is 1.24 bits per heavy atom. The number of carbonyl (C=O) groups excluding carboxylic acids is 2. The Morgan fingerprint density at radius 2 is 2.00 bits per heavy atom. The first-order valence-corrected chi connectivity index (χ1v) is 8.35. The summed E-state index contributed by atoms with van der Waals surface area (Å²) in [5.41, 5.74) is 0.691. The highest BCUT2D eigenvalue weighted by molar-refractivity contribution is 6.01. The Morgan fingerprint density at radius 3 is 2.64 bits per heavy atom. The van der Waals surface area contributed by atoms with Gasteiger partial charge in [-0.1, -0.05) is 0 Å². The molecule has 2 aromatic heterocycles. The molecule has 1 saturated carbocycles. The van der Waals surface area contributed by atoms with Gasteiger partial charge in [0.1, 0.15) is 29.8 Å². The molecule has 0 aromatic carbocycles. The number of hydrogen-bond acceptors (Lipinski definition) is 5. The average molecular weight is 341 g/mol. The number of hydrazone groups is 1. The maximum atomic E-state index is 12.8. The molecule has 2 aliphatic rings. The molecule has 1 fully saturated rings. The fourth-order valence-electron chi connectivity index (χ4n) is 3.03. The number of carbonyl (C=O) groups is 2. The van der Waals surface area contributed by atoms with Crippen LogP contribution in [0.25, 0.3) is 0 Å². The first-order chi connectivity index (χ1) is 12.1. The van der Waals surface area contributed by atoms with Gasteiger partial charge in [0, 0.05) is 19.4 Å². The zero-order chi connectivity index (χ0) is 17.4. The molecule has 0 radical (unpaired) electrons. The van der Waals surface area contributed by atoms with E-state index in [0.29, 0.717) is 23.7 Å². The Kier molecular flexibility index (Phi) is 3.91. The first kappa shape index (κ1) is 15.7. The lowest BCUT2D eigenvalue weighted by molar-refractivity contribution is -0.141. The maximum absolute atomic E-state index is 12.8. The van der Waals surface area contributed by atoms with Gasteiger partial charge in [0.05, 0.1) is 12.5 Å². The molecule has 0 saturated heterocycles. The molecule has 2 aromatic rings. The maximum Gasteiger partial charge on any atom is 0.262 e. The summed E-state index contributed by atoms with van der Waals surface area (Å²) >= 11 is 0. The molecule has 1 aliphatic heterocycles. The van der Waals surface area contributed by atoms with E-state index in [0.717, 1.165) is 12.8 Å². The summed E-state index contributed by atoms with van der Waals surface area (Å²) in [5, 5.41) is 5.86. The third-order valence-electron chi connectivity index (χ3n) is 4.52. The van der Waals surface area contributed by atoms with Gasteiger partial charge in [-0.15, -0.1) is 0 Å². The molecule has 0 spiro atoms. The van der Waals surface area contributed by atoms with E-state index in [4.69, 9.17) is 8.83 Å². The molecule has 1 aliphatic carbocycles. The summed E-state index contributed by atoms with van der Waals surface area (Å²) in [6, 6.07) is 6.88. The quantitative estimate of drug-likeness (QED) is 0.836. The summed E-state index contributed by atoms with van der Waals surface area (Å²) in [7, 11) is 1.66. The zero-order valence-electron chi connectivity index (χ0n) is 13.9. The molecule has 4 rings (SSSR count). The highest BCUT2D eigenvalue weighted by Gasteiger charge is 2.38. The van der Waals surface area contributed by atoms with Gasteiger partial charge in [-0.2, -0.15) is 5.10 Å². The first-order valence-electron chi connectivity index (χ1n) is 8.35. The van der Waals surface area contributed by atoms with Crippen LogP contribution in [-0.4, -0.2) is 41.0 Å². The van der Waals surface area contributed by atoms with Crippen LogP contribution in [0, 0.1) is 5.92 Å². The Balaban J connectivity index is 1.54. The SMILES string of the molecule is CN(CC(=O)N1N=C(c2ccco2)CC1c1ccco1)C(=O)C1CC1. The largest absolute Gasteiger partial charge is 0.467 e. The van der Waals surface area contributed by atoms with E-state index in [9.17, 15) is 9.59 Å². The van der Waals surface area contributed by atoms with Crippen LogP contribution in [0.3, 0.4) is 0 Å². The van der Waals surface area contributed by atoms with Crippen molar-refractivity contribution >= 4 is 17.5 Å². The standard InChI is InChI=1S/C18H19N3O4/c1-20(18(23)12-6-7-12)11-17(22)21-14(16-5-3-9-25-16)10-13(19-21)15-4-2-8-24-15/h2-5,8-9,12,14H,6-7,10-11H2,1H3. The molecular weight excluding hydrogens is 322 g/mol. The fraction of sp³-hybridized carbons (Fsp3) is 0.389. The highest BCUT2D eigenvalue weighted by atomic mass is 16.3. The van der Waals surface area contributed by atoms with Crippen molar-refractivity contribution in [2.45, 2.75) is 25.3 Å². The molecule has 1 unspecified atom stereocenters. The summed E-state index contributed by atoms with van der Waals surface area (Å²) in [6.07, 6.45) is 5.48. The monoisotopic (exact) mass is 341 g/mol. The molecular formula is C18H19N3O4. The van der Waals surface area contributed by atoms with Gasteiger partial charge in [0.15, 0.2) is 0 Å². The number of likely N-dealkylation sites (N-methyl/N-ethyl adjacent to an activating group) is 1. The predicted octanol–water partition coefficient (Wildman–Crippen LogP) is 2.42. The third-order valence-corrected chi connectivity index (χ3v) is 4.52. The van der Waals surface area contributed by atoms with E-state index in [1.807, 2.05) is 12.1 Å². The van der Waals surface area contributed by atoms with Gasteiger partial charge in [0.25, 0.3) is 5.91 Å². The molecule has 0 N–H and O–H groups in total. The van der Waals surface area contributed by atoms with Crippen molar-refractivity contribution in [1.82, 2.24) is 9.91 Å². The van der Waals surface area contributed by atoms with Gasteiger partial charge >= 0.3 is 0 Å². The van der Waals surface area contributed by atoms with E-state index in [1.54, 1.807) is 31.7 Å². The van der Waals surface area contributed by atoms with Crippen LogP contribution in [0.4, 0.5) is 0 Å². The molecule has 130 valence electrons. The minimum absolute atomic E-state index is 0.00146. The van der Waals surface area contributed by atoms with Crippen molar-refractivity contribution in [1.29, 1.82) is 0 Å². The van der Waals surface area contributed by atoms with Crippen molar-refractivity contribution in [3.05, 3.63) is 48.3 Å². The van der Waals surface area contributed by atoms with E-state index in [1.165, 1.54) is 9.91 Å². The van der Waals surface area contributed by atoms with Crippen LogP contribution in [-0.2, 0) is 9.59 Å². The van der Waals surface area contributed by atoms with Gasteiger partial charge in [0.2, 0.25) is 5.91 Å². The molecule has 7 nitrogen and oxygen atoms in total. The van der Waals surface area contributed by atoms with Crippen LogP contribution in [0.5, 0.6) is 0 Å². The van der Waals surface area contributed by atoms with Crippen LogP contribution in [0.2, 0.25) is 0 Å². The second-order valence-electron chi connectivity index (χ2n) is 6.47. The summed E-state index contributed by atoms with van der Waals surface area (Å²) in [5.74, 6) is 1.17. The lowest BCUT2D eigenvalue weighted by atomic mass is 10.1. The Labute approximate surface area is 144 Å². The second kappa shape index (κ2) is 6.23. The van der Waals surface area contributed by atoms with E-state index < -0.39 is 0 Å². The molecule has 7 heteroatoms. The number of nitrogens with zero attached hydrogens (tertiary/aromatic N) is 3. The fourth-order valence-corrected chi connectivity index (χ4v) is 3.03. The van der Waals surface area contributed by atoms with Crippen molar-refractivity contribution < 1.29 is 18.4 Å². The van der Waals surface area contributed by atoms with Gasteiger partial charge < -0.3 is 13.7 Å². The topological polar surface area (TPSA) is 79.3 Å². The minimum atomic E-state index is -0.327. The molecule has 25 heavy (non-hydrogen) atoms. The third kappa shape index (κ3) is 3.09. The average Bonchev–Trinajstić information content (AvgIpc) is 3.04. The van der Waals surface area contributed by atoms with Crippen molar-refractivity contribution in [3.8, 4) is 0 Å². The van der Waals surface area contributed by atoms with Crippen LogP contribution in [0.15, 0.2) is 50.7 Å². The number of furan rings is 2. The predicted molar refractivity (Wildman–Crippen MR) is 88.5 cm³/mol. The number of amides is 2. The smallest absolute Gasteiger partial charge is 0.262 e. The van der Waals surface area contributed by atoms with Crippen molar-refractivity contribution in [2.24, 2.45) is 11.0 Å². The van der Waals surface area contributed by atoms with E-state index >= 15 is 0 Å². The highest BCUT2D eigenvalue weighted by Crippen LogP contribution is 2.34. The van der Waals surface area contributed by atoms with Crippen LogP contribution >= 0.6 is 0 Å². The number of rotatable bonds is 5. The van der Waals surface area contributed by atoms with Crippen molar-refractivity contribution in [2.75, 3.05) is 13.6 Å². The van der Waals surface area contributed by atoms with Gasteiger partial charge in [-0.25, -0.2) is 5.01 Å². The van der Waals surface area contributed by atoms with Crippen LogP contribution < -0.4 is 0 Å². The molecule has 1 atom stereocenters. The van der Waals surface area contributed by atoms with E-state index in [-0.39, 0.29) is 30.3 Å². The Hall–Kier alpha value is -2.83.